The standard InChI is InChI=1S/C28H37F3O3/c1-2-3-5-18-8-10-19(11-9-18)20-12-14-23-21(16-20)6-4-7-24(23)27(32)34-26-15-13-22(17-25(26)29)33-28(30)31/h2,13,15,17-21,23-24,28H,1,3-12,14,16H2. The number of halogens is 3. The third kappa shape index (κ3) is 6.17. The fraction of sp³-hybridized carbons (Fsp3) is 0.679. The topological polar surface area (TPSA) is 35.5 Å². The molecule has 4 atom stereocenters. The Morgan fingerprint density at radius 2 is 1.79 bits per heavy atom. The summed E-state index contributed by atoms with van der Waals surface area (Å²) >= 11 is 0. The third-order valence-electron chi connectivity index (χ3n) is 8.67. The van der Waals surface area contributed by atoms with Crippen molar-refractivity contribution in [3.63, 3.8) is 0 Å². The minimum absolute atomic E-state index is 0.217. The summed E-state index contributed by atoms with van der Waals surface area (Å²) in [5.41, 5.74) is 0. The van der Waals surface area contributed by atoms with Crippen molar-refractivity contribution in [2.45, 2.75) is 83.7 Å². The predicted octanol–water partition coefficient (Wildman–Crippen LogP) is 7.94. The van der Waals surface area contributed by atoms with Gasteiger partial charge in [-0.05, 0) is 93.1 Å². The van der Waals surface area contributed by atoms with Crippen molar-refractivity contribution in [2.24, 2.45) is 35.5 Å². The fourth-order valence-electron chi connectivity index (χ4n) is 6.95. The van der Waals surface area contributed by atoms with Gasteiger partial charge in [0.15, 0.2) is 11.6 Å². The normalized spacial score (nSPS) is 31.5. The lowest BCUT2D eigenvalue weighted by atomic mass is 9.59. The number of esters is 1. The monoisotopic (exact) mass is 478 g/mol. The molecule has 1 aromatic rings. The molecule has 1 aromatic carbocycles. The number of carbonyl (C=O) groups is 1. The molecular weight excluding hydrogens is 441 g/mol. The molecule has 3 aliphatic carbocycles. The van der Waals surface area contributed by atoms with Gasteiger partial charge in [-0.3, -0.25) is 4.79 Å². The number of alkyl halides is 2. The van der Waals surface area contributed by atoms with E-state index in [1.807, 2.05) is 6.08 Å². The highest BCUT2D eigenvalue weighted by Crippen LogP contribution is 2.50. The van der Waals surface area contributed by atoms with E-state index in [1.165, 1.54) is 57.1 Å². The highest BCUT2D eigenvalue weighted by molar-refractivity contribution is 5.75. The second-order valence-electron chi connectivity index (χ2n) is 10.6. The molecule has 0 aliphatic heterocycles. The van der Waals surface area contributed by atoms with Gasteiger partial charge in [0.25, 0.3) is 0 Å². The highest BCUT2D eigenvalue weighted by Gasteiger charge is 2.43. The SMILES string of the molecule is C=CCCC1CCC(C2CCC3C(CCCC3C(=O)Oc3ccc(OC(F)F)cc3F)C2)CC1. The number of carbonyl (C=O) groups excluding carboxylic acids is 1. The number of rotatable bonds is 8. The molecule has 34 heavy (non-hydrogen) atoms. The van der Waals surface area contributed by atoms with Crippen molar-refractivity contribution in [3.8, 4) is 11.5 Å². The zero-order chi connectivity index (χ0) is 24.1. The van der Waals surface area contributed by atoms with Crippen LogP contribution >= 0.6 is 0 Å². The summed E-state index contributed by atoms with van der Waals surface area (Å²) in [6.45, 7) is 0.816. The Morgan fingerprint density at radius 3 is 2.50 bits per heavy atom. The van der Waals surface area contributed by atoms with Crippen molar-refractivity contribution < 1.29 is 27.4 Å². The highest BCUT2D eigenvalue weighted by atomic mass is 19.3. The number of allylic oxidation sites excluding steroid dienone is 1. The lowest BCUT2D eigenvalue weighted by Gasteiger charge is -2.46. The first-order valence-electron chi connectivity index (χ1n) is 13.0. The Morgan fingerprint density at radius 1 is 1.03 bits per heavy atom. The molecule has 0 aromatic heterocycles. The molecule has 4 unspecified atom stereocenters. The van der Waals surface area contributed by atoms with Crippen LogP contribution in [0.1, 0.15) is 77.0 Å². The van der Waals surface area contributed by atoms with Crippen molar-refractivity contribution in [1.29, 1.82) is 0 Å². The summed E-state index contributed by atoms with van der Waals surface area (Å²) in [5, 5.41) is 0. The summed E-state index contributed by atoms with van der Waals surface area (Å²) in [7, 11) is 0. The van der Waals surface area contributed by atoms with Crippen LogP contribution in [-0.4, -0.2) is 12.6 Å². The van der Waals surface area contributed by atoms with Gasteiger partial charge in [0.1, 0.15) is 5.75 Å². The maximum Gasteiger partial charge on any atom is 0.387 e. The quantitative estimate of drug-likeness (QED) is 0.216. The minimum Gasteiger partial charge on any atom is -0.435 e. The van der Waals surface area contributed by atoms with Crippen LogP contribution < -0.4 is 9.47 Å². The molecule has 4 rings (SSSR count). The van der Waals surface area contributed by atoms with Crippen LogP contribution in [0.5, 0.6) is 11.5 Å². The number of hydrogen-bond donors (Lipinski definition) is 0. The van der Waals surface area contributed by atoms with Gasteiger partial charge in [-0.25, -0.2) is 4.39 Å². The first kappa shape index (κ1) is 25.1. The van der Waals surface area contributed by atoms with E-state index >= 15 is 0 Å². The Bertz CT molecular complexity index is 834. The van der Waals surface area contributed by atoms with E-state index in [0.717, 1.165) is 55.9 Å². The van der Waals surface area contributed by atoms with Gasteiger partial charge in [0.2, 0.25) is 0 Å². The molecule has 3 fully saturated rings. The van der Waals surface area contributed by atoms with Crippen molar-refractivity contribution in [3.05, 3.63) is 36.7 Å². The molecule has 3 aliphatic rings. The number of benzene rings is 1. The molecule has 0 N–H and O–H groups in total. The van der Waals surface area contributed by atoms with Crippen molar-refractivity contribution in [2.75, 3.05) is 0 Å². The second kappa shape index (κ2) is 11.6. The van der Waals surface area contributed by atoms with Gasteiger partial charge in [-0.1, -0.05) is 31.8 Å². The Hall–Kier alpha value is -1.98. The largest absolute Gasteiger partial charge is 0.435 e. The van der Waals surface area contributed by atoms with E-state index in [4.69, 9.17) is 4.74 Å². The first-order chi connectivity index (χ1) is 16.4. The van der Waals surface area contributed by atoms with Gasteiger partial charge in [-0.2, -0.15) is 8.78 Å². The summed E-state index contributed by atoms with van der Waals surface area (Å²) < 4.78 is 48.6. The smallest absolute Gasteiger partial charge is 0.387 e. The lowest BCUT2D eigenvalue weighted by molar-refractivity contribution is -0.144. The average Bonchev–Trinajstić information content (AvgIpc) is 2.83. The van der Waals surface area contributed by atoms with Crippen LogP contribution in [0.3, 0.4) is 0 Å². The van der Waals surface area contributed by atoms with Crippen molar-refractivity contribution in [1.82, 2.24) is 0 Å². The van der Waals surface area contributed by atoms with E-state index in [1.54, 1.807) is 0 Å². The first-order valence-corrected chi connectivity index (χ1v) is 13.0. The van der Waals surface area contributed by atoms with Crippen LogP contribution in [0.15, 0.2) is 30.9 Å². The van der Waals surface area contributed by atoms with Gasteiger partial charge in [0, 0.05) is 6.07 Å². The summed E-state index contributed by atoms with van der Waals surface area (Å²) in [6, 6.07) is 3.21. The number of hydrogen-bond acceptors (Lipinski definition) is 3. The zero-order valence-electron chi connectivity index (χ0n) is 19.9. The number of fused-ring (bicyclic) bond motifs is 1. The number of ether oxygens (including phenoxy) is 2. The molecule has 0 saturated heterocycles. The van der Waals surface area contributed by atoms with E-state index in [2.05, 4.69) is 11.3 Å². The summed E-state index contributed by atoms with van der Waals surface area (Å²) in [5.74, 6) is 1.27. The molecule has 0 amide bonds. The third-order valence-corrected chi connectivity index (χ3v) is 8.67. The maximum atomic E-state index is 14.3. The van der Waals surface area contributed by atoms with Crippen LogP contribution in [0.4, 0.5) is 13.2 Å². The minimum atomic E-state index is -3.03. The predicted molar refractivity (Wildman–Crippen MR) is 125 cm³/mol. The van der Waals surface area contributed by atoms with Crippen molar-refractivity contribution >= 4 is 5.97 Å². The molecule has 188 valence electrons. The van der Waals surface area contributed by atoms with Gasteiger partial charge < -0.3 is 9.47 Å². The van der Waals surface area contributed by atoms with Crippen LogP contribution in [-0.2, 0) is 4.79 Å². The molecule has 0 bridgehead atoms. The lowest BCUT2D eigenvalue weighted by Crippen LogP contribution is -2.40. The van der Waals surface area contributed by atoms with E-state index in [9.17, 15) is 18.0 Å². The van der Waals surface area contributed by atoms with E-state index < -0.39 is 18.4 Å². The average molecular weight is 479 g/mol. The van der Waals surface area contributed by atoms with Gasteiger partial charge in [0.05, 0.1) is 5.92 Å². The Balaban J connectivity index is 1.31. The fourth-order valence-corrected chi connectivity index (χ4v) is 6.95. The second-order valence-corrected chi connectivity index (χ2v) is 10.6. The molecular formula is C28H37F3O3. The summed E-state index contributed by atoms with van der Waals surface area (Å²) in [4.78, 5) is 13.0. The molecule has 6 heteroatoms. The molecule has 0 spiro atoms. The van der Waals surface area contributed by atoms with Crippen LogP contribution in [0.25, 0.3) is 0 Å². The van der Waals surface area contributed by atoms with Gasteiger partial charge >= 0.3 is 12.6 Å². The Labute approximate surface area is 201 Å². The summed E-state index contributed by atoms with van der Waals surface area (Å²) in [6.07, 6.45) is 16.1. The molecule has 3 saturated carbocycles. The van der Waals surface area contributed by atoms with Crippen LogP contribution in [0.2, 0.25) is 0 Å². The van der Waals surface area contributed by atoms with Gasteiger partial charge in [-0.15, -0.1) is 6.58 Å². The molecule has 0 heterocycles. The zero-order valence-corrected chi connectivity index (χ0v) is 19.9. The Kier molecular flexibility index (Phi) is 8.60. The van der Waals surface area contributed by atoms with Crippen LogP contribution in [0, 0.1) is 41.3 Å². The van der Waals surface area contributed by atoms with E-state index in [0.29, 0.717) is 11.8 Å². The van der Waals surface area contributed by atoms with E-state index in [-0.39, 0.29) is 17.4 Å². The molecule has 3 nitrogen and oxygen atoms in total. The maximum absolute atomic E-state index is 14.3. The molecule has 0 radical (unpaired) electrons.